The smallest absolute Gasteiger partial charge is 0.349 e. The van der Waals surface area contributed by atoms with Gasteiger partial charge in [0.05, 0.1) is 11.6 Å². The lowest BCUT2D eigenvalue weighted by Gasteiger charge is -2.05. The number of hydrogen-bond donors (Lipinski definition) is 0. The summed E-state index contributed by atoms with van der Waals surface area (Å²) in [5.74, 6) is 0.325. The van der Waals surface area contributed by atoms with Gasteiger partial charge in [0.1, 0.15) is 17.2 Å². The lowest BCUT2D eigenvalue weighted by atomic mass is 10.2. The zero-order valence-corrected chi connectivity index (χ0v) is 14.0. The van der Waals surface area contributed by atoms with Crippen molar-refractivity contribution in [3.63, 3.8) is 0 Å². The molecule has 0 N–H and O–H groups in total. The molecule has 0 aliphatic carbocycles. The van der Waals surface area contributed by atoms with Gasteiger partial charge in [0.15, 0.2) is 0 Å². The topological polar surface area (TPSA) is 48.4 Å². The van der Waals surface area contributed by atoms with Crippen molar-refractivity contribution in [2.75, 3.05) is 6.61 Å². The van der Waals surface area contributed by atoms with Crippen molar-refractivity contribution in [3.8, 4) is 5.75 Å². The maximum Gasteiger partial charge on any atom is 0.349 e. The number of carbonyl (C=O) groups is 1. The first-order valence-corrected chi connectivity index (χ1v) is 8.29. The Bertz CT molecular complexity index is 832. The predicted octanol–water partition coefficient (Wildman–Crippen LogP) is 4.71. The quantitative estimate of drug-likeness (QED) is 0.627. The third kappa shape index (κ3) is 3.46. The summed E-state index contributed by atoms with van der Waals surface area (Å²) in [6.07, 6.45) is 3.49. The number of hydrogen-bond acceptors (Lipinski definition) is 5. The van der Waals surface area contributed by atoms with Gasteiger partial charge in [-0.2, -0.15) is 0 Å². The molecule has 0 atom stereocenters. The number of benzene rings is 1. The van der Waals surface area contributed by atoms with E-state index in [4.69, 9.17) is 21.1 Å². The van der Waals surface area contributed by atoms with Crippen LogP contribution in [0.25, 0.3) is 10.1 Å². The molecule has 0 unspecified atom stereocenters. The number of ether oxygens (including phenoxy) is 2. The monoisotopic (exact) mass is 347 g/mol. The molecule has 0 aliphatic heterocycles. The molecule has 23 heavy (non-hydrogen) atoms. The average Bonchev–Trinajstić information content (AvgIpc) is 2.91. The van der Waals surface area contributed by atoms with Gasteiger partial charge in [-0.3, -0.25) is 4.98 Å². The van der Waals surface area contributed by atoms with Crippen LogP contribution < -0.4 is 4.74 Å². The number of pyridine rings is 1. The zero-order chi connectivity index (χ0) is 16.2. The molecule has 0 amide bonds. The van der Waals surface area contributed by atoms with E-state index >= 15 is 0 Å². The van der Waals surface area contributed by atoms with E-state index < -0.39 is 5.97 Å². The number of esters is 1. The summed E-state index contributed by atoms with van der Waals surface area (Å²) >= 11 is 7.58. The second kappa shape index (κ2) is 6.98. The van der Waals surface area contributed by atoms with Crippen molar-refractivity contribution in [1.29, 1.82) is 0 Å². The summed E-state index contributed by atoms with van der Waals surface area (Å²) in [7, 11) is 0. The minimum atomic E-state index is -0.392. The largest absolute Gasteiger partial charge is 0.489 e. The number of rotatable bonds is 5. The summed E-state index contributed by atoms with van der Waals surface area (Å²) in [4.78, 5) is 16.4. The minimum absolute atomic E-state index is 0.322. The summed E-state index contributed by atoms with van der Waals surface area (Å²) in [5.41, 5.74) is 0.990. The van der Waals surface area contributed by atoms with Gasteiger partial charge in [-0.1, -0.05) is 17.7 Å². The van der Waals surface area contributed by atoms with Gasteiger partial charge in [-0.15, -0.1) is 11.3 Å². The van der Waals surface area contributed by atoms with Crippen molar-refractivity contribution >= 4 is 39.0 Å². The molecule has 2 aromatic heterocycles. The second-order valence-electron chi connectivity index (χ2n) is 4.77. The fraction of sp³-hybridized carbons (Fsp3) is 0.176. The van der Waals surface area contributed by atoms with Crippen molar-refractivity contribution in [3.05, 3.63) is 58.2 Å². The van der Waals surface area contributed by atoms with E-state index in [1.54, 1.807) is 19.3 Å². The van der Waals surface area contributed by atoms with Crippen LogP contribution in [-0.2, 0) is 11.3 Å². The van der Waals surface area contributed by atoms with Crippen molar-refractivity contribution in [1.82, 2.24) is 4.98 Å². The molecule has 4 nitrogen and oxygen atoms in total. The van der Waals surface area contributed by atoms with Crippen LogP contribution in [0.2, 0.25) is 5.02 Å². The fourth-order valence-electron chi connectivity index (χ4n) is 2.11. The van der Waals surface area contributed by atoms with Crippen molar-refractivity contribution < 1.29 is 14.3 Å². The fourth-order valence-corrected chi connectivity index (χ4v) is 3.54. The lowest BCUT2D eigenvalue weighted by molar-refractivity contribution is 0.0532. The molecule has 2 heterocycles. The molecule has 0 bridgehead atoms. The van der Waals surface area contributed by atoms with E-state index in [-0.39, 0.29) is 0 Å². The van der Waals surface area contributed by atoms with E-state index in [1.165, 1.54) is 11.3 Å². The van der Waals surface area contributed by atoms with Gasteiger partial charge >= 0.3 is 5.97 Å². The Morgan fingerprint density at radius 1 is 1.35 bits per heavy atom. The third-order valence-electron chi connectivity index (χ3n) is 3.19. The van der Waals surface area contributed by atoms with Crippen LogP contribution in [0.4, 0.5) is 0 Å². The molecular weight excluding hydrogens is 334 g/mol. The zero-order valence-electron chi connectivity index (χ0n) is 12.4. The van der Waals surface area contributed by atoms with E-state index in [0.29, 0.717) is 23.1 Å². The van der Waals surface area contributed by atoms with Gasteiger partial charge in [0.2, 0.25) is 0 Å². The number of fused-ring (bicyclic) bond motifs is 1. The number of halogens is 1. The molecule has 3 aromatic rings. The predicted molar refractivity (Wildman–Crippen MR) is 91.4 cm³/mol. The maximum absolute atomic E-state index is 11.9. The van der Waals surface area contributed by atoms with Gasteiger partial charge in [0.25, 0.3) is 0 Å². The van der Waals surface area contributed by atoms with Crippen LogP contribution >= 0.6 is 22.9 Å². The normalized spacial score (nSPS) is 10.7. The highest BCUT2D eigenvalue weighted by Crippen LogP contribution is 2.37. The Morgan fingerprint density at radius 2 is 2.22 bits per heavy atom. The molecule has 0 aliphatic rings. The van der Waals surface area contributed by atoms with Crippen molar-refractivity contribution in [2.45, 2.75) is 13.5 Å². The molecule has 6 heteroatoms. The van der Waals surface area contributed by atoms with Gasteiger partial charge in [-0.25, -0.2) is 4.79 Å². The van der Waals surface area contributed by atoms with Crippen molar-refractivity contribution in [2.24, 2.45) is 0 Å². The Balaban J connectivity index is 1.83. The Labute approximate surface area is 142 Å². The molecule has 0 saturated heterocycles. The molecule has 1 aromatic carbocycles. The molecule has 0 spiro atoms. The van der Waals surface area contributed by atoms with Crippen LogP contribution in [0.15, 0.2) is 42.7 Å². The van der Waals surface area contributed by atoms with Crippen LogP contribution in [-0.4, -0.2) is 17.6 Å². The van der Waals surface area contributed by atoms with Crippen LogP contribution in [0.3, 0.4) is 0 Å². The van der Waals surface area contributed by atoms with E-state index in [9.17, 15) is 4.79 Å². The van der Waals surface area contributed by atoms with Crippen LogP contribution in [0.5, 0.6) is 5.75 Å². The summed E-state index contributed by atoms with van der Waals surface area (Å²) < 4.78 is 11.7. The highest BCUT2D eigenvalue weighted by Gasteiger charge is 2.18. The first-order valence-electron chi connectivity index (χ1n) is 7.10. The molecule has 118 valence electrons. The summed E-state index contributed by atoms with van der Waals surface area (Å²) in [6.45, 7) is 2.52. The second-order valence-corrected chi connectivity index (χ2v) is 6.20. The highest BCUT2D eigenvalue weighted by atomic mass is 35.5. The molecule has 0 radical (unpaired) electrons. The van der Waals surface area contributed by atoms with E-state index in [2.05, 4.69) is 4.98 Å². The van der Waals surface area contributed by atoms with Crippen LogP contribution in [0.1, 0.15) is 22.2 Å². The molecule has 3 rings (SSSR count). The Hall–Kier alpha value is -2.11. The minimum Gasteiger partial charge on any atom is -0.489 e. The number of aromatic nitrogens is 1. The first-order chi connectivity index (χ1) is 11.2. The first kappa shape index (κ1) is 15.8. The van der Waals surface area contributed by atoms with E-state index in [1.807, 2.05) is 30.3 Å². The lowest BCUT2D eigenvalue weighted by Crippen LogP contribution is -2.02. The van der Waals surface area contributed by atoms with Crippen LogP contribution in [0, 0.1) is 0 Å². The molecular formula is C17H14ClNO3S. The average molecular weight is 348 g/mol. The van der Waals surface area contributed by atoms with Gasteiger partial charge in [0, 0.05) is 28.0 Å². The SMILES string of the molecule is CCOC(=O)c1sc2cc(OCc3cccnc3)ccc2c1Cl. The maximum atomic E-state index is 11.9. The summed E-state index contributed by atoms with van der Waals surface area (Å²) in [5, 5.41) is 1.26. The Kier molecular flexibility index (Phi) is 4.79. The standard InChI is InChI=1S/C17H14ClNO3S/c1-2-21-17(20)16-15(18)13-6-5-12(8-14(13)23-16)22-10-11-4-3-7-19-9-11/h3-9H,2,10H2,1H3. The van der Waals surface area contributed by atoms with Gasteiger partial charge in [-0.05, 0) is 31.2 Å². The summed E-state index contributed by atoms with van der Waals surface area (Å²) in [6, 6.07) is 9.39. The number of nitrogens with zero attached hydrogens (tertiary/aromatic N) is 1. The Morgan fingerprint density at radius 3 is 2.96 bits per heavy atom. The third-order valence-corrected chi connectivity index (χ3v) is 4.83. The molecule has 0 saturated carbocycles. The number of carbonyl (C=O) groups excluding carboxylic acids is 1. The highest BCUT2D eigenvalue weighted by molar-refractivity contribution is 7.21. The molecule has 0 fully saturated rings. The van der Waals surface area contributed by atoms with E-state index in [0.717, 1.165) is 21.4 Å². The van der Waals surface area contributed by atoms with Gasteiger partial charge < -0.3 is 9.47 Å². The number of thiophene rings is 1.